The number of nitrogens with one attached hydrogen (secondary N) is 1. The maximum absolute atomic E-state index is 12.2. The number of halogens is 1. The van der Waals surface area contributed by atoms with Gasteiger partial charge in [-0.2, -0.15) is 0 Å². The molecule has 0 aliphatic carbocycles. The van der Waals surface area contributed by atoms with Gasteiger partial charge in [0.2, 0.25) is 10.0 Å². The third-order valence-corrected chi connectivity index (χ3v) is 6.02. The molecule has 1 N–H and O–H groups in total. The normalized spacial score (nSPS) is 23.6. The lowest BCUT2D eigenvalue weighted by atomic mass is 9.92. The van der Waals surface area contributed by atoms with Gasteiger partial charge >= 0.3 is 0 Å². The molecule has 4 nitrogen and oxygen atoms in total. The van der Waals surface area contributed by atoms with Crippen LogP contribution in [0.4, 0.5) is 0 Å². The van der Waals surface area contributed by atoms with Crippen LogP contribution in [0.15, 0.2) is 33.6 Å². The van der Waals surface area contributed by atoms with Gasteiger partial charge in [-0.15, -0.1) is 0 Å². The number of nitrogens with zero attached hydrogens (tertiary/aromatic N) is 1. The summed E-state index contributed by atoms with van der Waals surface area (Å²) in [5, 5.41) is 0. The van der Waals surface area contributed by atoms with Crippen molar-refractivity contribution in [2.24, 2.45) is 11.8 Å². The summed E-state index contributed by atoms with van der Waals surface area (Å²) in [7, 11) is -3.39. The van der Waals surface area contributed by atoms with E-state index in [4.69, 9.17) is 0 Å². The van der Waals surface area contributed by atoms with Gasteiger partial charge in [-0.1, -0.05) is 29.8 Å². The zero-order chi connectivity index (χ0) is 16.2. The number of likely N-dealkylation sites (tertiary alicyclic amines) is 1. The van der Waals surface area contributed by atoms with E-state index in [1.807, 2.05) is 0 Å². The Kier molecular flexibility index (Phi) is 6.44. The van der Waals surface area contributed by atoms with E-state index in [2.05, 4.69) is 39.4 Å². The Morgan fingerprint density at radius 2 is 1.77 bits per heavy atom. The van der Waals surface area contributed by atoms with E-state index in [0.717, 1.165) is 42.4 Å². The second-order valence-corrected chi connectivity index (χ2v) is 9.09. The maximum atomic E-state index is 12.2. The van der Waals surface area contributed by atoms with Gasteiger partial charge < -0.3 is 4.90 Å². The zero-order valence-corrected chi connectivity index (χ0v) is 15.7. The summed E-state index contributed by atoms with van der Waals surface area (Å²) in [6.45, 7) is 8.28. The number of rotatable bonds is 6. The van der Waals surface area contributed by atoms with Crippen LogP contribution in [0.5, 0.6) is 0 Å². The Morgan fingerprint density at radius 1 is 1.18 bits per heavy atom. The fourth-order valence-electron chi connectivity index (χ4n) is 3.18. The highest BCUT2D eigenvalue weighted by molar-refractivity contribution is 9.10. The molecular weight excluding hydrogens is 364 g/mol. The minimum atomic E-state index is -3.39. The maximum Gasteiger partial charge on any atom is 0.240 e. The quantitative estimate of drug-likeness (QED) is 0.761. The molecule has 1 aliphatic heterocycles. The third-order valence-electron chi connectivity index (χ3n) is 4.01. The largest absolute Gasteiger partial charge is 0.303 e. The van der Waals surface area contributed by atoms with Crippen LogP contribution in [0.3, 0.4) is 0 Å². The molecule has 1 fully saturated rings. The molecule has 1 aromatic rings. The molecule has 1 aliphatic rings. The minimum absolute atomic E-state index is 0.316. The van der Waals surface area contributed by atoms with Crippen LogP contribution in [0.1, 0.15) is 26.7 Å². The lowest BCUT2D eigenvalue weighted by Gasteiger charge is -2.34. The van der Waals surface area contributed by atoms with Gasteiger partial charge in [-0.3, -0.25) is 0 Å². The highest BCUT2D eigenvalue weighted by atomic mass is 79.9. The Morgan fingerprint density at radius 3 is 2.36 bits per heavy atom. The van der Waals surface area contributed by atoms with E-state index >= 15 is 0 Å². The average molecular weight is 389 g/mol. The predicted molar refractivity (Wildman–Crippen MR) is 93.3 cm³/mol. The molecule has 0 spiro atoms. The summed E-state index contributed by atoms with van der Waals surface area (Å²) in [4.78, 5) is 2.77. The molecule has 0 unspecified atom stereocenters. The summed E-state index contributed by atoms with van der Waals surface area (Å²) < 4.78 is 27.9. The van der Waals surface area contributed by atoms with Crippen molar-refractivity contribution in [3.8, 4) is 0 Å². The van der Waals surface area contributed by atoms with Crippen LogP contribution in [-0.4, -0.2) is 39.5 Å². The van der Waals surface area contributed by atoms with Gasteiger partial charge in [0.05, 0.1) is 4.90 Å². The van der Waals surface area contributed by atoms with Crippen LogP contribution in [-0.2, 0) is 10.0 Å². The van der Waals surface area contributed by atoms with Crippen molar-refractivity contribution >= 4 is 26.0 Å². The van der Waals surface area contributed by atoms with Crippen molar-refractivity contribution in [3.63, 3.8) is 0 Å². The molecular formula is C16H25BrN2O2S. The molecule has 6 heteroatoms. The van der Waals surface area contributed by atoms with E-state index in [1.165, 1.54) is 6.42 Å². The van der Waals surface area contributed by atoms with Crippen molar-refractivity contribution in [2.45, 2.75) is 31.6 Å². The summed E-state index contributed by atoms with van der Waals surface area (Å²) in [5.74, 6) is 1.48. The SMILES string of the molecule is C[C@@H]1C[C@H](C)CN(CCCNS(=O)(=O)c2ccc(Br)cc2)C1. The molecule has 0 bridgehead atoms. The fourth-order valence-corrected chi connectivity index (χ4v) is 4.52. The van der Waals surface area contributed by atoms with Crippen molar-refractivity contribution in [2.75, 3.05) is 26.2 Å². The minimum Gasteiger partial charge on any atom is -0.303 e. The first-order chi connectivity index (χ1) is 10.4. The first-order valence-electron chi connectivity index (χ1n) is 7.84. The number of hydrogen-bond donors (Lipinski definition) is 1. The first-order valence-corrected chi connectivity index (χ1v) is 10.1. The van der Waals surface area contributed by atoms with Gasteiger partial charge in [-0.05, 0) is 55.5 Å². The van der Waals surface area contributed by atoms with Crippen LogP contribution in [0, 0.1) is 11.8 Å². The lowest BCUT2D eigenvalue weighted by Crippen LogP contribution is -2.40. The van der Waals surface area contributed by atoms with Crippen LogP contribution in [0.25, 0.3) is 0 Å². The molecule has 0 amide bonds. The molecule has 1 saturated heterocycles. The molecule has 0 radical (unpaired) electrons. The first kappa shape index (κ1) is 17.9. The van der Waals surface area contributed by atoms with Crippen molar-refractivity contribution < 1.29 is 8.42 Å². The molecule has 2 atom stereocenters. The van der Waals surface area contributed by atoms with Gasteiger partial charge in [0.15, 0.2) is 0 Å². The fraction of sp³-hybridized carbons (Fsp3) is 0.625. The molecule has 0 aromatic heterocycles. The van der Waals surface area contributed by atoms with Crippen LogP contribution >= 0.6 is 15.9 Å². The van der Waals surface area contributed by atoms with E-state index in [0.29, 0.717) is 11.4 Å². The molecule has 0 saturated carbocycles. The smallest absolute Gasteiger partial charge is 0.240 e. The summed E-state index contributed by atoms with van der Waals surface area (Å²) in [6.07, 6.45) is 2.14. The molecule has 22 heavy (non-hydrogen) atoms. The highest BCUT2D eigenvalue weighted by Gasteiger charge is 2.21. The predicted octanol–water partition coefficient (Wildman–Crippen LogP) is 3.10. The second-order valence-electron chi connectivity index (χ2n) is 6.41. The summed E-state index contributed by atoms with van der Waals surface area (Å²) in [6, 6.07) is 6.71. The molecule has 1 aromatic carbocycles. The van der Waals surface area contributed by atoms with Crippen molar-refractivity contribution in [1.82, 2.24) is 9.62 Å². The van der Waals surface area contributed by atoms with Crippen molar-refractivity contribution in [1.29, 1.82) is 0 Å². The monoisotopic (exact) mass is 388 g/mol. The lowest BCUT2D eigenvalue weighted by molar-refractivity contribution is 0.140. The van der Waals surface area contributed by atoms with E-state index in [9.17, 15) is 8.42 Å². The van der Waals surface area contributed by atoms with E-state index < -0.39 is 10.0 Å². The van der Waals surface area contributed by atoms with Crippen LogP contribution < -0.4 is 4.72 Å². The molecule has 2 rings (SSSR count). The standard InChI is InChI=1S/C16H25BrN2O2S/c1-13-10-14(2)12-19(11-13)9-3-8-18-22(20,21)16-6-4-15(17)5-7-16/h4-7,13-14,18H,3,8-12H2,1-2H3/t13-,14+. The van der Waals surface area contributed by atoms with E-state index in [-0.39, 0.29) is 0 Å². The Bertz CT molecular complexity index is 564. The second kappa shape index (κ2) is 7.90. The Balaban J connectivity index is 1.77. The Hall–Kier alpha value is -0.430. The highest BCUT2D eigenvalue weighted by Crippen LogP contribution is 2.20. The number of benzene rings is 1. The molecule has 124 valence electrons. The average Bonchev–Trinajstić information content (AvgIpc) is 2.43. The Labute approximate surface area is 142 Å². The summed E-state index contributed by atoms with van der Waals surface area (Å²) >= 11 is 3.31. The van der Waals surface area contributed by atoms with Gasteiger partial charge in [-0.25, -0.2) is 13.1 Å². The van der Waals surface area contributed by atoms with Crippen LogP contribution in [0.2, 0.25) is 0 Å². The van der Waals surface area contributed by atoms with Gasteiger partial charge in [0.1, 0.15) is 0 Å². The number of sulfonamides is 1. The van der Waals surface area contributed by atoms with Gasteiger partial charge in [0, 0.05) is 24.1 Å². The van der Waals surface area contributed by atoms with Crippen molar-refractivity contribution in [3.05, 3.63) is 28.7 Å². The zero-order valence-electron chi connectivity index (χ0n) is 13.3. The van der Waals surface area contributed by atoms with Gasteiger partial charge in [0.25, 0.3) is 0 Å². The molecule has 1 heterocycles. The van der Waals surface area contributed by atoms with E-state index in [1.54, 1.807) is 24.3 Å². The topological polar surface area (TPSA) is 49.4 Å². The summed E-state index contributed by atoms with van der Waals surface area (Å²) in [5.41, 5.74) is 0. The third kappa shape index (κ3) is 5.33. The number of hydrogen-bond acceptors (Lipinski definition) is 3. The number of piperidine rings is 1.